The summed E-state index contributed by atoms with van der Waals surface area (Å²) in [6.45, 7) is 6.56. The third-order valence-electron chi connectivity index (χ3n) is 3.46. The molecule has 2 aromatic rings. The van der Waals surface area contributed by atoms with Gasteiger partial charge in [-0.2, -0.15) is 0 Å². The molecular formula is C18H22N2O2S2. The number of aromatic amines is 1. The Labute approximate surface area is 150 Å². The minimum atomic E-state index is -0.339. The fourth-order valence-corrected chi connectivity index (χ4v) is 3.77. The molecule has 0 bridgehead atoms. The van der Waals surface area contributed by atoms with Gasteiger partial charge in [-0.3, -0.25) is 0 Å². The number of rotatable bonds is 7. The van der Waals surface area contributed by atoms with E-state index in [1.807, 2.05) is 51.5 Å². The summed E-state index contributed by atoms with van der Waals surface area (Å²) in [5.74, 6) is 0.598. The predicted octanol–water partition coefficient (Wildman–Crippen LogP) is 5.24. The molecule has 128 valence electrons. The van der Waals surface area contributed by atoms with Crippen LogP contribution in [0.25, 0.3) is 10.9 Å². The molecular weight excluding hydrogens is 340 g/mol. The first-order valence-electron chi connectivity index (χ1n) is 7.64. The number of fused-ring (bicyclic) bond motifs is 1. The Bertz CT molecular complexity index is 751. The summed E-state index contributed by atoms with van der Waals surface area (Å²) in [6.07, 6.45) is 6.51. The van der Waals surface area contributed by atoms with Crippen molar-refractivity contribution in [3.63, 3.8) is 0 Å². The smallest absolute Gasteiger partial charge is 0.383 e. The maximum Gasteiger partial charge on any atom is 0.383 e. The third kappa shape index (κ3) is 4.93. The highest BCUT2D eigenvalue weighted by Crippen LogP contribution is 2.35. The number of hydrogen-bond acceptors (Lipinski definition) is 5. The number of benzene rings is 1. The van der Waals surface area contributed by atoms with Crippen molar-refractivity contribution in [2.75, 3.05) is 20.6 Å². The highest BCUT2D eigenvalue weighted by atomic mass is 33.1. The Kier molecular flexibility index (Phi) is 7.02. The van der Waals surface area contributed by atoms with Crippen LogP contribution in [0.5, 0.6) is 5.75 Å². The van der Waals surface area contributed by atoms with E-state index in [9.17, 15) is 4.79 Å². The van der Waals surface area contributed by atoms with Gasteiger partial charge in [-0.1, -0.05) is 24.8 Å². The van der Waals surface area contributed by atoms with Crippen LogP contribution in [0, 0.1) is 0 Å². The van der Waals surface area contributed by atoms with Crippen LogP contribution in [0.4, 0.5) is 4.79 Å². The summed E-state index contributed by atoms with van der Waals surface area (Å²) in [5, 5.41) is 0.640. The summed E-state index contributed by atoms with van der Waals surface area (Å²) in [5.41, 5.74) is 2.13. The lowest BCUT2D eigenvalue weighted by Gasteiger charge is -2.10. The molecule has 4 nitrogen and oxygen atoms in total. The van der Waals surface area contributed by atoms with Gasteiger partial charge >= 0.3 is 5.30 Å². The average Bonchev–Trinajstić information content (AvgIpc) is 2.98. The van der Waals surface area contributed by atoms with Crippen molar-refractivity contribution >= 4 is 37.8 Å². The molecule has 0 saturated heterocycles. The number of nitrogens with one attached hydrogen (secondary N) is 1. The number of carbonyl (C=O) groups is 1. The van der Waals surface area contributed by atoms with Gasteiger partial charge in [-0.15, -0.1) is 0 Å². The van der Waals surface area contributed by atoms with Crippen molar-refractivity contribution < 1.29 is 9.53 Å². The molecule has 0 aliphatic carbocycles. The van der Waals surface area contributed by atoms with E-state index in [1.165, 1.54) is 10.8 Å². The third-order valence-corrected chi connectivity index (χ3v) is 5.60. The first-order chi connectivity index (χ1) is 11.5. The number of H-pyrrole nitrogens is 1. The van der Waals surface area contributed by atoms with Crippen molar-refractivity contribution in [1.29, 1.82) is 0 Å². The van der Waals surface area contributed by atoms with Crippen molar-refractivity contribution in [3.8, 4) is 5.75 Å². The molecule has 0 atom stereocenters. The summed E-state index contributed by atoms with van der Waals surface area (Å²) in [6, 6.07) is 5.71. The number of likely N-dealkylation sites (N-methyl/N-ethyl adjacent to an activating group) is 1. The lowest BCUT2D eigenvalue weighted by atomic mass is 10.1. The zero-order valence-corrected chi connectivity index (χ0v) is 15.8. The zero-order valence-electron chi connectivity index (χ0n) is 14.2. The van der Waals surface area contributed by atoms with Gasteiger partial charge in [-0.25, -0.2) is 4.79 Å². The molecule has 1 heterocycles. The second-order valence-electron chi connectivity index (χ2n) is 5.46. The van der Waals surface area contributed by atoms with E-state index >= 15 is 0 Å². The number of hydrogen-bond donors (Lipinski definition) is 1. The number of ether oxygens (including phenoxy) is 1. The van der Waals surface area contributed by atoms with Crippen LogP contribution >= 0.6 is 21.6 Å². The maximum absolute atomic E-state index is 12.1. The Morgan fingerprint density at radius 2 is 2.17 bits per heavy atom. The number of allylic oxidation sites excluding steroid dienone is 2. The van der Waals surface area contributed by atoms with E-state index in [2.05, 4.69) is 16.5 Å². The van der Waals surface area contributed by atoms with Crippen LogP contribution in [0.1, 0.15) is 12.5 Å². The quantitative estimate of drug-likeness (QED) is 0.414. The predicted molar refractivity (Wildman–Crippen MR) is 106 cm³/mol. The summed E-state index contributed by atoms with van der Waals surface area (Å²) < 4.78 is 5.58. The standard InChI is InChI=1S/C18H22N2O2S2/c1-5-14(6-2)23-24-18(21)22-16-9-7-8-15-17(16)13(12-19-15)10-11-20(3)4/h5-9,12,19H,1,10-11H2,2-4H3/b14-6+. The normalized spacial score (nSPS) is 11.9. The van der Waals surface area contributed by atoms with E-state index < -0.39 is 0 Å². The Morgan fingerprint density at radius 3 is 2.83 bits per heavy atom. The van der Waals surface area contributed by atoms with Gasteiger partial charge in [0.1, 0.15) is 5.75 Å². The summed E-state index contributed by atoms with van der Waals surface area (Å²) in [7, 11) is 6.49. The van der Waals surface area contributed by atoms with Gasteiger partial charge in [0.05, 0.1) is 0 Å². The summed E-state index contributed by atoms with van der Waals surface area (Å²) >= 11 is 0. The first-order valence-corrected chi connectivity index (χ1v) is 9.79. The number of aromatic nitrogens is 1. The molecule has 1 aromatic carbocycles. The lowest BCUT2D eigenvalue weighted by molar-refractivity contribution is 0.228. The molecule has 0 aliphatic heterocycles. The molecule has 24 heavy (non-hydrogen) atoms. The van der Waals surface area contributed by atoms with Gasteiger partial charge < -0.3 is 14.6 Å². The molecule has 1 aromatic heterocycles. The van der Waals surface area contributed by atoms with Gasteiger partial charge in [0.25, 0.3) is 0 Å². The van der Waals surface area contributed by atoms with Gasteiger partial charge in [-0.05, 0) is 55.9 Å². The second-order valence-corrected chi connectivity index (χ2v) is 7.60. The maximum atomic E-state index is 12.1. The molecule has 0 saturated carbocycles. The van der Waals surface area contributed by atoms with Crippen LogP contribution in [-0.4, -0.2) is 35.8 Å². The first kappa shape index (κ1) is 18.7. The highest BCUT2D eigenvalue weighted by Gasteiger charge is 2.14. The molecule has 0 fully saturated rings. The molecule has 2 rings (SSSR count). The Morgan fingerprint density at radius 1 is 1.38 bits per heavy atom. The Balaban J connectivity index is 2.14. The van der Waals surface area contributed by atoms with E-state index in [1.54, 1.807) is 6.08 Å². The van der Waals surface area contributed by atoms with E-state index in [4.69, 9.17) is 4.74 Å². The van der Waals surface area contributed by atoms with Crippen molar-refractivity contribution in [3.05, 3.63) is 53.6 Å². The lowest BCUT2D eigenvalue weighted by Crippen LogP contribution is -2.14. The van der Waals surface area contributed by atoms with Gasteiger partial charge in [0.2, 0.25) is 0 Å². The van der Waals surface area contributed by atoms with Crippen LogP contribution < -0.4 is 4.74 Å². The van der Waals surface area contributed by atoms with Crippen LogP contribution in [0.15, 0.2) is 48.0 Å². The van der Waals surface area contributed by atoms with E-state index in [-0.39, 0.29) is 5.30 Å². The second kappa shape index (κ2) is 9.01. The van der Waals surface area contributed by atoms with Crippen molar-refractivity contribution in [2.24, 2.45) is 0 Å². The molecule has 0 amide bonds. The average molecular weight is 363 g/mol. The number of carbonyl (C=O) groups excluding carboxylic acids is 1. The van der Waals surface area contributed by atoms with Gasteiger partial charge in [0.15, 0.2) is 0 Å². The minimum Gasteiger partial charge on any atom is -0.417 e. The van der Waals surface area contributed by atoms with Crippen LogP contribution in [0.3, 0.4) is 0 Å². The van der Waals surface area contributed by atoms with Crippen LogP contribution in [0.2, 0.25) is 0 Å². The molecule has 0 unspecified atom stereocenters. The molecule has 0 aliphatic rings. The van der Waals surface area contributed by atoms with Gasteiger partial charge in [0, 0.05) is 39.3 Å². The fourth-order valence-electron chi connectivity index (χ4n) is 2.23. The molecule has 6 heteroatoms. The van der Waals surface area contributed by atoms with Crippen LogP contribution in [-0.2, 0) is 6.42 Å². The van der Waals surface area contributed by atoms with E-state index in [0.717, 1.165) is 45.1 Å². The monoisotopic (exact) mass is 362 g/mol. The summed E-state index contributed by atoms with van der Waals surface area (Å²) in [4.78, 5) is 18.4. The molecule has 0 spiro atoms. The topological polar surface area (TPSA) is 45.3 Å². The fraction of sp³-hybridized carbons (Fsp3) is 0.278. The largest absolute Gasteiger partial charge is 0.417 e. The molecule has 0 radical (unpaired) electrons. The minimum absolute atomic E-state index is 0.339. The van der Waals surface area contributed by atoms with Crippen molar-refractivity contribution in [1.82, 2.24) is 9.88 Å². The zero-order chi connectivity index (χ0) is 17.5. The SMILES string of the molecule is C=C/C(=C\C)SSC(=O)Oc1cccc2[nH]cc(CCN(C)C)c12. The molecule has 1 N–H and O–H groups in total. The van der Waals surface area contributed by atoms with Crippen molar-refractivity contribution in [2.45, 2.75) is 13.3 Å². The number of nitrogens with zero attached hydrogens (tertiary/aromatic N) is 1. The van der Waals surface area contributed by atoms with E-state index in [0.29, 0.717) is 5.75 Å². The highest BCUT2D eigenvalue weighted by molar-refractivity contribution is 8.83. The Hall–Kier alpha value is -1.63.